The van der Waals surface area contributed by atoms with Gasteiger partial charge in [-0.3, -0.25) is 9.80 Å². The van der Waals surface area contributed by atoms with Gasteiger partial charge in [-0.25, -0.2) is 0 Å². The lowest BCUT2D eigenvalue weighted by Gasteiger charge is -2.35. The lowest BCUT2D eigenvalue weighted by molar-refractivity contribution is 0.000451. The van der Waals surface area contributed by atoms with Crippen molar-refractivity contribution < 1.29 is 28.8 Å². The first-order valence-electron chi connectivity index (χ1n) is 10.9. The van der Waals surface area contributed by atoms with Crippen LogP contribution in [0.25, 0.3) is 0 Å². The minimum atomic E-state index is -0.535. The third-order valence-electron chi connectivity index (χ3n) is 5.83. The number of rotatable bonds is 10. The molecule has 2 aliphatic heterocycles. The van der Waals surface area contributed by atoms with E-state index in [1.807, 2.05) is 24.3 Å². The highest BCUT2D eigenvalue weighted by molar-refractivity contribution is 5.44. The Morgan fingerprint density at radius 1 is 0.938 bits per heavy atom. The standard InChI is InChI=1S/C24H32N2O6/c1-28-21-4-6-22(29-2)19(12-21)15-30-16-20(27)14-26-9-7-25(8-10-26)13-18-3-5-23-24(11-18)32-17-31-23/h3-6,11-12,20,27H,7-10,13-17H2,1-2H3. The van der Waals surface area contributed by atoms with E-state index in [4.69, 9.17) is 23.7 Å². The van der Waals surface area contributed by atoms with E-state index in [9.17, 15) is 5.11 Å². The fraction of sp³-hybridized carbons (Fsp3) is 0.500. The molecule has 1 saturated heterocycles. The van der Waals surface area contributed by atoms with Crippen molar-refractivity contribution >= 4 is 0 Å². The Kier molecular flexibility index (Phi) is 7.70. The molecule has 0 spiro atoms. The van der Waals surface area contributed by atoms with E-state index in [-0.39, 0.29) is 6.61 Å². The molecule has 1 unspecified atom stereocenters. The van der Waals surface area contributed by atoms with Crippen molar-refractivity contribution in [2.45, 2.75) is 19.3 Å². The topological polar surface area (TPSA) is 72.9 Å². The third-order valence-corrected chi connectivity index (χ3v) is 5.83. The largest absolute Gasteiger partial charge is 0.497 e. The van der Waals surface area contributed by atoms with E-state index in [0.717, 1.165) is 61.3 Å². The molecule has 0 amide bonds. The van der Waals surface area contributed by atoms with E-state index in [0.29, 0.717) is 19.9 Å². The number of piperazine rings is 1. The Hall–Kier alpha value is -2.52. The van der Waals surface area contributed by atoms with Crippen molar-refractivity contribution in [1.29, 1.82) is 0 Å². The molecule has 4 rings (SSSR count). The van der Waals surface area contributed by atoms with Crippen molar-refractivity contribution in [3.8, 4) is 23.0 Å². The number of β-amino-alcohol motifs (C(OH)–C–C–N with tert-alkyl or cyclic N) is 1. The van der Waals surface area contributed by atoms with Gasteiger partial charge in [-0.15, -0.1) is 0 Å². The molecule has 0 bridgehead atoms. The summed E-state index contributed by atoms with van der Waals surface area (Å²) in [4.78, 5) is 4.71. The maximum atomic E-state index is 10.4. The third kappa shape index (κ3) is 5.83. The van der Waals surface area contributed by atoms with Gasteiger partial charge in [0.05, 0.1) is 33.5 Å². The quantitative estimate of drug-likeness (QED) is 0.598. The van der Waals surface area contributed by atoms with Gasteiger partial charge in [0.15, 0.2) is 11.5 Å². The molecule has 1 N–H and O–H groups in total. The molecule has 1 atom stereocenters. The molecule has 1 fully saturated rings. The molecule has 174 valence electrons. The van der Waals surface area contributed by atoms with Gasteiger partial charge < -0.3 is 28.8 Å². The van der Waals surface area contributed by atoms with Gasteiger partial charge in [0.1, 0.15) is 11.5 Å². The van der Waals surface area contributed by atoms with Gasteiger partial charge >= 0.3 is 0 Å². The van der Waals surface area contributed by atoms with E-state index in [1.165, 1.54) is 5.56 Å². The number of benzene rings is 2. The van der Waals surface area contributed by atoms with Crippen molar-refractivity contribution in [3.63, 3.8) is 0 Å². The van der Waals surface area contributed by atoms with Crippen molar-refractivity contribution in [2.75, 3.05) is 60.3 Å². The Morgan fingerprint density at radius 3 is 2.50 bits per heavy atom. The summed E-state index contributed by atoms with van der Waals surface area (Å²) in [5.41, 5.74) is 2.13. The molecule has 2 aromatic rings. The number of hydrogen-bond donors (Lipinski definition) is 1. The van der Waals surface area contributed by atoms with Crippen LogP contribution in [0.5, 0.6) is 23.0 Å². The number of fused-ring (bicyclic) bond motifs is 1. The van der Waals surface area contributed by atoms with Crippen LogP contribution >= 0.6 is 0 Å². The summed E-state index contributed by atoms with van der Waals surface area (Å²) in [6.07, 6.45) is -0.535. The Bertz CT molecular complexity index is 885. The van der Waals surface area contributed by atoms with Crippen molar-refractivity contribution in [1.82, 2.24) is 9.80 Å². The average Bonchev–Trinajstić information content (AvgIpc) is 3.28. The van der Waals surface area contributed by atoms with Crippen LogP contribution in [0.15, 0.2) is 36.4 Å². The summed E-state index contributed by atoms with van der Waals surface area (Å²) in [5.74, 6) is 3.15. The van der Waals surface area contributed by atoms with E-state index in [1.54, 1.807) is 14.2 Å². The second kappa shape index (κ2) is 10.9. The maximum Gasteiger partial charge on any atom is 0.231 e. The van der Waals surface area contributed by atoms with E-state index in [2.05, 4.69) is 21.9 Å². The highest BCUT2D eigenvalue weighted by Crippen LogP contribution is 2.33. The van der Waals surface area contributed by atoms with Gasteiger partial charge in [0.25, 0.3) is 0 Å². The zero-order valence-corrected chi connectivity index (χ0v) is 18.8. The van der Waals surface area contributed by atoms with Crippen LogP contribution in [-0.4, -0.2) is 81.4 Å². The second-order valence-corrected chi connectivity index (χ2v) is 8.11. The zero-order chi connectivity index (χ0) is 22.3. The molecule has 8 nitrogen and oxygen atoms in total. The number of ether oxygens (including phenoxy) is 5. The summed E-state index contributed by atoms with van der Waals surface area (Å²) in [6, 6.07) is 11.7. The predicted molar refractivity (Wildman–Crippen MR) is 119 cm³/mol. The first kappa shape index (κ1) is 22.7. The Morgan fingerprint density at radius 2 is 1.72 bits per heavy atom. The lowest BCUT2D eigenvalue weighted by atomic mass is 10.1. The average molecular weight is 445 g/mol. The maximum absolute atomic E-state index is 10.4. The molecule has 0 aliphatic carbocycles. The number of aliphatic hydroxyl groups is 1. The fourth-order valence-electron chi connectivity index (χ4n) is 4.08. The predicted octanol–water partition coefficient (Wildman–Crippen LogP) is 2.13. The first-order valence-corrected chi connectivity index (χ1v) is 10.9. The van der Waals surface area contributed by atoms with Gasteiger partial charge in [0, 0.05) is 44.8 Å². The van der Waals surface area contributed by atoms with Crippen LogP contribution in [0.1, 0.15) is 11.1 Å². The normalized spacial score (nSPS) is 17.3. The number of methoxy groups -OCH3 is 2. The van der Waals surface area contributed by atoms with Crippen LogP contribution in [0, 0.1) is 0 Å². The minimum absolute atomic E-state index is 0.276. The SMILES string of the molecule is COc1ccc(OC)c(COCC(O)CN2CCN(Cc3ccc4c(c3)OCO4)CC2)c1. The molecule has 2 aliphatic rings. The van der Waals surface area contributed by atoms with Crippen LogP contribution in [-0.2, 0) is 17.9 Å². The molecular weight excluding hydrogens is 412 g/mol. The number of hydrogen-bond acceptors (Lipinski definition) is 8. The van der Waals surface area contributed by atoms with Crippen molar-refractivity contribution in [2.24, 2.45) is 0 Å². The fourth-order valence-corrected chi connectivity index (χ4v) is 4.08. The summed E-state index contributed by atoms with van der Waals surface area (Å²) < 4.78 is 27.2. The molecule has 8 heteroatoms. The van der Waals surface area contributed by atoms with Crippen molar-refractivity contribution in [3.05, 3.63) is 47.5 Å². The molecule has 0 saturated carbocycles. The Labute approximate surface area is 189 Å². The highest BCUT2D eigenvalue weighted by Gasteiger charge is 2.21. The van der Waals surface area contributed by atoms with Crippen LogP contribution in [0.4, 0.5) is 0 Å². The summed E-state index contributed by atoms with van der Waals surface area (Å²) in [5, 5.41) is 10.4. The van der Waals surface area contributed by atoms with Gasteiger partial charge in [-0.05, 0) is 35.9 Å². The summed E-state index contributed by atoms with van der Waals surface area (Å²) >= 11 is 0. The summed E-state index contributed by atoms with van der Waals surface area (Å²) in [6.45, 7) is 6.20. The van der Waals surface area contributed by atoms with Gasteiger partial charge in [-0.1, -0.05) is 6.07 Å². The Balaban J connectivity index is 1.17. The monoisotopic (exact) mass is 444 g/mol. The molecular formula is C24H32N2O6. The molecule has 0 aromatic heterocycles. The van der Waals surface area contributed by atoms with Gasteiger partial charge in [-0.2, -0.15) is 0 Å². The lowest BCUT2D eigenvalue weighted by Crippen LogP contribution is -2.48. The highest BCUT2D eigenvalue weighted by atomic mass is 16.7. The smallest absolute Gasteiger partial charge is 0.231 e. The minimum Gasteiger partial charge on any atom is -0.497 e. The first-order chi connectivity index (χ1) is 15.6. The second-order valence-electron chi connectivity index (χ2n) is 8.11. The molecule has 0 radical (unpaired) electrons. The molecule has 2 heterocycles. The van der Waals surface area contributed by atoms with E-state index < -0.39 is 6.10 Å². The van der Waals surface area contributed by atoms with Crippen LogP contribution in [0.2, 0.25) is 0 Å². The number of aliphatic hydroxyl groups excluding tert-OH is 1. The summed E-state index contributed by atoms with van der Waals surface area (Å²) in [7, 11) is 3.26. The van der Waals surface area contributed by atoms with Gasteiger partial charge in [0.2, 0.25) is 6.79 Å². The number of nitrogens with zero attached hydrogens (tertiary/aromatic N) is 2. The van der Waals surface area contributed by atoms with Crippen LogP contribution in [0.3, 0.4) is 0 Å². The zero-order valence-electron chi connectivity index (χ0n) is 18.8. The van der Waals surface area contributed by atoms with Crippen LogP contribution < -0.4 is 18.9 Å². The van der Waals surface area contributed by atoms with E-state index >= 15 is 0 Å². The molecule has 2 aromatic carbocycles. The molecule has 32 heavy (non-hydrogen) atoms.